The zero-order valence-electron chi connectivity index (χ0n) is 11.3. The van der Waals surface area contributed by atoms with Gasteiger partial charge in [0.1, 0.15) is 0 Å². The highest BCUT2D eigenvalue weighted by Gasteiger charge is 2.00. The maximum absolute atomic E-state index is 2.27. The first-order valence-corrected chi connectivity index (χ1v) is 6.06. The average Bonchev–Trinajstić information content (AvgIpc) is 2.26. The summed E-state index contributed by atoms with van der Waals surface area (Å²) in [7, 11) is 0. The van der Waals surface area contributed by atoms with Crippen LogP contribution < -0.4 is 0 Å². The van der Waals surface area contributed by atoms with Gasteiger partial charge in [0.25, 0.3) is 0 Å². The maximum Gasteiger partial charge on any atom is -0.0178 e. The Labute approximate surface area is 99.3 Å². The van der Waals surface area contributed by atoms with E-state index in [0.717, 1.165) is 0 Å². The first kappa shape index (κ1) is 12.8. The van der Waals surface area contributed by atoms with E-state index in [1.807, 2.05) is 13.8 Å². The van der Waals surface area contributed by atoms with Crippen molar-refractivity contribution in [3.63, 3.8) is 0 Å². The molecule has 0 spiro atoms. The Bertz CT molecular complexity index is 404. The van der Waals surface area contributed by atoms with E-state index in [2.05, 4.69) is 52.0 Å². The van der Waals surface area contributed by atoms with Crippen molar-refractivity contribution in [2.24, 2.45) is 0 Å². The van der Waals surface area contributed by atoms with Crippen LogP contribution in [0.3, 0.4) is 0 Å². The summed E-state index contributed by atoms with van der Waals surface area (Å²) in [5, 5.41) is 2.72. The van der Waals surface area contributed by atoms with Gasteiger partial charge in [-0.2, -0.15) is 0 Å². The van der Waals surface area contributed by atoms with Crippen LogP contribution in [-0.2, 0) is 0 Å². The molecule has 2 rings (SSSR count). The lowest BCUT2D eigenvalue weighted by molar-refractivity contribution is 1.34. The van der Waals surface area contributed by atoms with E-state index < -0.39 is 0 Å². The third-order valence-electron chi connectivity index (χ3n) is 3.07. The lowest BCUT2D eigenvalue weighted by Gasteiger charge is -2.07. The minimum atomic E-state index is 1.36. The largest absolute Gasteiger partial charge is 0.0683 e. The van der Waals surface area contributed by atoms with Gasteiger partial charge >= 0.3 is 0 Å². The van der Waals surface area contributed by atoms with Gasteiger partial charge in [0.15, 0.2) is 0 Å². The predicted molar refractivity (Wildman–Crippen MR) is 74.2 cm³/mol. The van der Waals surface area contributed by atoms with E-state index in [4.69, 9.17) is 0 Å². The molecule has 0 aliphatic carbocycles. The summed E-state index contributed by atoms with van der Waals surface area (Å²) >= 11 is 0. The van der Waals surface area contributed by atoms with Crippen LogP contribution in [0.15, 0.2) is 24.3 Å². The van der Waals surface area contributed by atoms with E-state index in [0.29, 0.717) is 0 Å². The van der Waals surface area contributed by atoms with Crippen molar-refractivity contribution in [2.75, 3.05) is 0 Å². The fourth-order valence-electron chi connectivity index (χ4n) is 1.81. The number of fused-ring (bicyclic) bond motifs is 1. The Kier molecular flexibility index (Phi) is 4.12. The summed E-state index contributed by atoms with van der Waals surface area (Å²) in [6.07, 6.45) is 0. The van der Waals surface area contributed by atoms with Crippen LogP contribution >= 0.6 is 0 Å². The normalized spacial score (nSPS) is 9.88. The molecule has 0 aromatic heterocycles. The molecule has 2 aromatic rings. The van der Waals surface area contributed by atoms with Gasteiger partial charge in [0.05, 0.1) is 0 Å². The van der Waals surface area contributed by atoms with Gasteiger partial charge in [-0.05, 0) is 60.7 Å². The summed E-state index contributed by atoms with van der Waals surface area (Å²) < 4.78 is 0. The van der Waals surface area contributed by atoms with E-state index >= 15 is 0 Å². The van der Waals surface area contributed by atoms with Crippen LogP contribution in [0.4, 0.5) is 0 Å². The quantitative estimate of drug-likeness (QED) is 0.572. The highest BCUT2D eigenvalue weighted by molar-refractivity contribution is 5.85. The van der Waals surface area contributed by atoms with Crippen molar-refractivity contribution in [1.29, 1.82) is 0 Å². The molecule has 0 bridgehead atoms. The highest BCUT2D eigenvalue weighted by atomic mass is 14.0. The topological polar surface area (TPSA) is 0 Å². The van der Waals surface area contributed by atoms with Crippen LogP contribution in [0, 0.1) is 27.7 Å². The molecule has 0 saturated carbocycles. The van der Waals surface area contributed by atoms with E-state index in [-0.39, 0.29) is 0 Å². The van der Waals surface area contributed by atoms with Crippen molar-refractivity contribution in [1.82, 2.24) is 0 Å². The molecule has 0 unspecified atom stereocenters. The third-order valence-corrected chi connectivity index (χ3v) is 3.07. The van der Waals surface area contributed by atoms with Crippen molar-refractivity contribution in [2.45, 2.75) is 41.5 Å². The molecule has 0 atom stereocenters. The van der Waals surface area contributed by atoms with Crippen LogP contribution in [0.2, 0.25) is 0 Å². The van der Waals surface area contributed by atoms with Gasteiger partial charge in [0, 0.05) is 0 Å². The second-order valence-corrected chi connectivity index (χ2v) is 4.22. The third kappa shape index (κ3) is 2.44. The summed E-state index contributed by atoms with van der Waals surface area (Å²) in [5.74, 6) is 0. The molecule has 0 saturated heterocycles. The van der Waals surface area contributed by atoms with Gasteiger partial charge in [0.2, 0.25) is 0 Å². The fourth-order valence-corrected chi connectivity index (χ4v) is 1.81. The zero-order valence-corrected chi connectivity index (χ0v) is 11.3. The Morgan fingerprint density at radius 3 is 0.875 bits per heavy atom. The monoisotopic (exact) mass is 214 g/mol. The summed E-state index contributed by atoms with van der Waals surface area (Å²) in [4.78, 5) is 0. The van der Waals surface area contributed by atoms with Crippen molar-refractivity contribution < 1.29 is 0 Å². The fraction of sp³-hybridized carbons (Fsp3) is 0.375. The van der Waals surface area contributed by atoms with Crippen molar-refractivity contribution in [3.8, 4) is 0 Å². The van der Waals surface area contributed by atoms with Gasteiger partial charge < -0.3 is 0 Å². The first-order chi connectivity index (χ1) is 7.58. The molecule has 0 nitrogen and oxygen atoms in total. The van der Waals surface area contributed by atoms with E-state index in [9.17, 15) is 0 Å². The molecular formula is C16H22. The molecule has 2 aromatic carbocycles. The molecule has 0 radical (unpaired) electrons. The van der Waals surface area contributed by atoms with Gasteiger partial charge in [-0.15, -0.1) is 0 Å². The smallest absolute Gasteiger partial charge is 0.0178 e. The molecule has 0 fully saturated rings. The Hall–Kier alpha value is -1.30. The molecule has 86 valence electrons. The van der Waals surface area contributed by atoms with E-state index in [1.54, 1.807) is 0 Å². The SMILES string of the molecule is CC.Cc1cc2cc(C)c(C)cc2cc1C. The number of hydrogen-bond donors (Lipinski definition) is 0. The van der Waals surface area contributed by atoms with Crippen molar-refractivity contribution in [3.05, 3.63) is 46.5 Å². The molecule has 0 heteroatoms. The molecule has 0 N–H and O–H groups in total. The molecule has 16 heavy (non-hydrogen) atoms. The summed E-state index contributed by atoms with van der Waals surface area (Å²) in [5.41, 5.74) is 5.50. The minimum Gasteiger partial charge on any atom is -0.0683 e. The molecule has 0 amide bonds. The molecule has 0 aliphatic rings. The van der Waals surface area contributed by atoms with Gasteiger partial charge in [-0.3, -0.25) is 0 Å². The molecular weight excluding hydrogens is 192 g/mol. The van der Waals surface area contributed by atoms with Crippen LogP contribution in [-0.4, -0.2) is 0 Å². The number of hydrogen-bond acceptors (Lipinski definition) is 0. The highest BCUT2D eigenvalue weighted by Crippen LogP contribution is 2.22. The summed E-state index contributed by atoms with van der Waals surface area (Å²) in [6, 6.07) is 9.10. The maximum atomic E-state index is 2.27. The van der Waals surface area contributed by atoms with Gasteiger partial charge in [-0.25, -0.2) is 0 Å². The Morgan fingerprint density at radius 2 is 0.688 bits per heavy atom. The predicted octanol–water partition coefficient (Wildman–Crippen LogP) is 5.10. The lowest BCUT2D eigenvalue weighted by atomic mass is 9.98. The lowest BCUT2D eigenvalue weighted by Crippen LogP contribution is -1.85. The number of benzene rings is 2. The first-order valence-electron chi connectivity index (χ1n) is 6.06. The van der Waals surface area contributed by atoms with Crippen LogP contribution in [0.5, 0.6) is 0 Å². The van der Waals surface area contributed by atoms with Crippen molar-refractivity contribution >= 4 is 10.8 Å². The minimum absolute atomic E-state index is 1.36. The van der Waals surface area contributed by atoms with E-state index in [1.165, 1.54) is 33.0 Å². The van der Waals surface area contributed by atoms with Gasteiger partial charge in [-0.1, -0.05) is 38.1 Å². The standard InChI is InChI=1S/C14H16.C2H6/c1-9-5-13-7-11(3)12(4)8-14(13)6-10(9)2;1-2/h5-8H,1-4H3;1-2H3. The number of rotatable bonds is 0. The second-order valence-electron chi connectivity index (χ2n) is 4.22. The number of aryl methyl sites for hydroxylation is 4. The second kappa shape index (κ2) is 5.16. The Balaban J connectivity index is 0.000000606. The Morgan fingerprint density at radius 1 is 0.500 bits per heavy atom. The van der Waals surface area contributed by atoms with Crippen LogP contribution in [0.1, 0.15) is 36.1 Å². The average molecular weight is 214 g/mol. The zero-order chi connectivity index (χ0) is 12.3. The summed E-state index contributed by atoms with van der Waals surface area (Å²) in [6.45, 7) is 12.7. The van der Waals surface area contributed by atoms with Crippen LogP contribution in [0.25, 0.3) is 10.8 Å². The molecule has 0 heterocycles. The molecule has 0 aliphatic heterocycles.